The molecular formula is C21H24N4O3. The summed E-state index contributed by atoms with van der Waals surface area (Å²) in [6.45, 7) is 5.23. The fraction of sp³-hybridized carbons (Fsp3) is 0.429. The Morgan fingerprint density at radius 1 is 1.18 bits per heavy atom. The van der Waals surface area contributed by atoms with E-state index in [2.05, 4.69) is 9.97 Å². The van der Waals surface area contributed by atoms with Crippen molar-refractivity contribution in [3.63, 3.8) is 0 Å². The van der Waals surface area contributed by atoms with Gasteiger partial charge in [0.05, 0.1) is 24.3 Å². The fourth-order valence-corrected chi connectivity index (χ4v) is 4.04. The third-order valence-corrected chi connectivity index (χ3v) is 5.47. The summed E-state index contributed by atoms with van der Waals surface area (Å²) in [5.41, 5.74) is 1.52. The zero-order valence-electron chi connectivity index (χ0n) is 16.2. The van der Waals surface area contributed by atoms with E-state index in [1.54, 1.807) is 11.1 Å². The molecule has 2 amide bonds. The summed E-state index contributed by atoms with van der Waals surface area (Å²) in [5.74, 6) is 0.517. The van der Waals surface area contributed by atoms with Crippen LogP contribution in [0.2, 0.25) is 0 Å². The van der Waals surface area contributed by atoms with Gasteiger partial charge in [-0.15, -0.1) is 0 Å². The summed E-state index contributed by atoms with van der Waals surface area (Å²) < 4.78 is 6.02. The van der Waals surface area contributed by atoms with E-state index < -0.39 is 5.60 Å². The largest absolute Gasteiger partial charge is 0.361 e. The number of likely N-dealkylation sites (tertiary alicyclic amines) is 1. The number of nitrogens with zero attached hydrogens (tertiary/aromatic N) is 4. The Morgan fingerprint density at radius 3 is 2.71 bits per heavy atom. The van der Waals surface area contributed by atoms with Gasteiger partial charge in [0.15, 0.2) is 0 Å². The number of hydrogen-bond acceptors (Lipinski definition) is 5. The second-order valence-corrected chi connectivity index (χ2v) is 7.53. The number of amides is 2. The lowest BCUT2D eigenvalue weighted by atomic mass is 9.90. The highest BCUT2D eigenvalue weighted by molar-refractivity contribution is 5.96. The number of para-hydroxylation sites is 1. The molecule has 7 nitrogen and oxygen atoms in total. The molecule has 1 aromatic heterocycles. The highest BCUT2D eigenvalue weighted by Crippen LogP contribution is 2.32. The maximum Gasteiger partial charge on any atom is 0.257 e. The number of carbonyl (C=O) groups is 2. The van der Waals surface area contributed by atoms with Crippen molar-refractivity contribution in [3.05, 3.63) is 53.6 Å². The van der Waals surface area contributed by atoms with E-state index in [9.17, 15) is 9.59 Å². The first kappa shape index (κ1) is 18.6. The average Bonchev–Trinajstić information content (AvgIpc) is 2.70. The Bertz CT molecular complexity index is 902. The molecule has 0 saturated carbocycles. The molecule has 1 aromatic carbocycles. The lowest BCUT2D eigenvalue weighted by Gasteiger charge is -2.47. The third kappa shape index (κ3) is 3.49. The van der Waals surface area contributed by atoms with Crippen molar-refractivity contribution >= 4 is 17.5 Å². The van der Waals surface area contributed by atoms with Crippen LogP contribution in [0.3, 0.4) is 0 Å². The van der Waals surface area contributed by atoms with Gasteiger partial charge in [0.25, 0.3) is 11.8 Å². The lowest BCUT2D eigenvalue weighted by molar-refractivity contribution is -0.144. The first-order valence-electron chi connectivity index (χ1n) is 9.56. The van der Waals surface area contributed by atoms with Gasteiger partial charge in [-0.05, 0) is 38.8 Å². The minimum Gasteiger partial charge on any atom is -0.361 e. The number of benzene rings is 1. The topological polar surface area (TPSA) is 75.6 Å². The van der Waals surface area contributed by atoms with Crippen molar-refractivity contribution in [2.45, 2.75) is 32.3 Å². The summed E-state index contributed by atoms with van der Waals surface area (Å²) in [6, 6.07) is 9.62. The molecule has 1 spiro atoms. The highest BCUT2D eigenvalue weighted by Gasteiger charge is 2.44. The summed E-state index contributed by atoms with van der Waals surface area (Å²) in [6.07, 6.45) is 3.24. The monoisotopic (exact) mass is 380 g/mol. The Labute approximate surface area is 164 Å². The van der Waals surface area contributed by atoms with E-state index in [4.69, 9.17) is 4.74 Å². The third-order valence-electron chi connectivity index (χ3n) is 5.47. The molecule has 4 rings (SSSR count). The van der Waals surface area contributed by atoms with Crippen molar-refractivity contribution in [2.24, 2.45) is 0 Å². The van der Waals surface area contributed by atoms with E-state index in [0.717, 1.165) is 18.5 Å². The first-order valence-corrected chi connectivity index (χ1v) is 9.56. The van der Waals surface area contributed by atoms with Gasteiger partial charge in [0.2, 0.25) is 0 Å². The molecule has 0 aliphatic carbocycles. The highest BCUT2D eigenvalue weighted by atomic mass is 16.5. The van der Waals surface area contributed by atoms with Crippen molar-refractivity contribution in [2.75, 3.05) is 31.1 Å². The van der Waals surface area contributed by atoms with Gasteiger partial charge in [-0.3, -0.25) is 9.59 Å². The SMILES string of the molecule is Cc1ncc(C(=O)N2CCCC3(C2)CN(c2ccccc2)C(=O)CO3)c(C)n1. The van der Waals surface area contributed by atoms with Gasteiger partial charge in [0, 0.05) is 18.4 Å². The van der Waals surface area contributed by atoms with Gasteiger partial charge in [0.1, 0.15) is 18.0 Å². The first-order chi connectivity index (χ1) is 13.5. The molecule has 2 aliphatic heterocycles. The Balaban J connectivity index is 1.55. The summed E-state index contributed by atoms with van der Waals surface area (Å²) >= 11 is 0. The van der Waals surface area contributed by atoms with Gasteiger partial charge in [-0.2, -0.15) is 0 Å². The van der Waals surface area contributed by atoms with Crippen molar-refractivity contribution in [1.29, 1.82) is 0 Å². The Hall–Kier alpha value is -2.80. The Kier molecular flexibility index (Phi) is 4.85. The molecule has 146 valence electrons. The lowest BCUT2D eigenvalue weighted by Crippen LogP contribution is -2.62. The van der Waals surface area contributed by atoms with Crippen LogP contribution in [-0.2, 0) is 9.53 Å². The number of aryl methyl sites for hydroxylation is 2. The summed E-state index contributed by atoms with van der Waals surface area (Å²) in [5, 5.41) is 0. The van der Waals surface area contributed by atoms with Crippen LogP contribution >= 0.6 is 0 Å². The van der Waals surface area contributed by atoms with Crippen LogP contribution in [-0.4, -0.2) is 58.5 Å². The standard InChI is InChI=1S/C21H24N4O3/c1-15-18(11-22-16(2)23-15)20(27)24-10-6-9-21(13-24)14-25(19(26)12-28-21)17-7-4-3-5-8-17/h3-5,7-8,11H,6,9-10,12-14H2,1-2H3. The van der Waals surface area contributed by atoms with Crippen LogP contribution in [0.4, 0.5) is 5.69 Å². The molecule has 2 fully saturated rings. The number of aromatic nitrogens is 2. The van der Waals surface area contributed by atoms with Gasteiger partial charge >= 0.3 is 0 Å². The minimum atomic E-state index is -0.545. The van der Waals surface area contributed by atoms with E-state index in [1.165, 1.54) is 0 Å². The number of morpholine rings is 1. The van der Waals surface area contributed by atoms with Crippen molar-refractivity contribution in [1.82, 2.24) is 14.9 Å². The molecule has 3 heterocycles. The zero-order valence-corrected chi connectivity index (χ0v) is 16.2. The van der Waals surface area contributed by atoms with Crippen molar-refractivity contribution in [3.8, 4) is 0 Å². The normalized spacial score (nSPS) is 22.6. The van der Waals surface area contributed by atoms with Crippen LogP contribution in [0.5, 0.6) is 0 Å². The Morgan fingerprint density at radius 2 is 1.96 bits per heavy atom. The molecule has 2 aliphatic rings. The predicted octanol–water partition coefficient (Wildman–Crippen LogP) is 2.13. The average molecular weight is 380 g/mol. The van der Waals surface area contributed by atoms with E-state index >= 15 is 0 Å². The zero-order chi connectivity index (χ0) is 19.7. The van der Waals surface area contributed by atoms with E-state index in [-0.39, 0.29) is 18.4 Å². The molecule has 1 unspecified atom stereocenters. The van der Waals surface area contributed by atoms with Crippen LogP contribution in [0.1, 0.15) is 34.7 Å². The van der Waals surface area contributed by atoms with Crippen LogP contribution in [0.15, 0.2) is 36.5 Å². The van der Waals surface area contributed by atoms with E-state index in [0.29, 0.717) is 36.7 Å². The number of rotatable bonds is 2. The molecule has 0 radical (unpaired) electrons. The van der Waals surface area contributed by atoms with Crippen LogP contribution in [0.25, 0.3) is 0 Å². The molecule has 7 heteroatoms. The molecule has 2 aromatic rings. The summed E-state index contributed by atoms with van der Waals surface area (Å²) in [4.78, 5) is 37.6. The molecule has 0 N–H and O–H groups in total. The predicted molar refractivity (Wildman–Crippen MR) is 104 cm³/mol. The van der Waals surface area contributed by atoms with Crippen molar-refractivity contribution < 1.29 is 14.3 Å². The fourth-order valence-electron chi connectivity index (χ4n) is 4.04. The second kappa shape index (κ2) is 7.31. The second-order valence-electron chi connectivity index (χ2n) is 7.53. The molecule has 28 heavy (non-hydrogen) atoms. The van der Waals surface area contributed by atoms with Crippen LogP contribution < -0.4 is 4.90 Å². The molecule has 1 atom stereocenters. The number of piperidine rings is 1. The number of anilines is 1. The number of ether oxygens (including phenoxy) is 1. The maximum atomic E-state index is 13.1. The number of carbonyl (C=O) groups excluding carboxylic acids is 2. The minimum absolute atomic E-state index is 0.0313. The summed E-state index contributed by atoms with van der Waals surface area (Å²) in [7, 11) is 0. The van der Waals surface area contributed by atoms with Gasteiger partial charge in [-0.1, -0.05) is 18.2 Å². The van der Waals surface area contributed by atoms with Crippen LogP contribution in [0, 0.1) is 13.8 Å². The smallest absolute Gasteiger partial charge is 0.257 e. The maximum absolute atomic E-state index is 13.1. The van der Waals surface area contributed by atoms with Gasteiger partial charge in [-0.25, -0.2) is 9.97 Å². The van der Waals surface area contributed by atoms with E-state index in [1.807, 2.05) is 49.1 Å². The molecule has 0 bridgehead atoms. The molecule has 2 saturated heterocycles. The van der Waals surface area contributed by atoms with Gasteiger partial charge < -0.3 is 14.5 Å². The quantitative estimate of drug-likeness (QED) is 0.798. The molecular weight excluding hydrogens is 356 g/mol. The number of hydrogen-bond donors (Lipinski definition) is 0.